The lowest BCUT2D eigenvalue weighted by atomic mass is 10.1. The Bertz CT molecular complexity index is 607. The predicted octanol–water partition coefficient (Wildman–Crippen LogP) is 1.67. The monoisotopic (exact) mass is 346 g/mol. The van der Waals surface area contributed by atoms with Crippen LogP contribution in [-0.2, 0) is 16.1 Å². The molecule has 1 amide bonds. The van der Waals surface area contributed by atoms with Crippen molar-refractivity contribution in [2.45, 2.75) is 31.9 Å². The Hall–Kier alpha value is -1.79. The number of hydrogen-bond acceptors (Lipinski definition) is 5. The van der Waals surface area contributed by atoms with E-state index in [0.29, 0.717) is 19.6 Å². The van der Waals surface area contributed by atoms with E-state index in [2.05, 4.69) is 17.0 Å². The fourth-order valence-corrected chi connectivity index (χ4v) is 3.73. The summed E-state index contributed by atoms with van der Waals surface area (Å²) in [5, 5.41) is 0. The quantitative estimate of drug-likeness (QED) is 0.830. The second-order valence-corrected chi connectivity index (χ2v) is 6.97. The van der Waals surface area contributed by atoms with Crippen molar-refractivity contribution in [2.75, 3.05) is 46.0 Å². The van der Waals surface area contributed by atoms with E-state index in [1.807, 2.05) is 11.0 Å². The number of fused-ring (bicyclic) bond motifs is 1. The molecule has 0 radical (unpaired) electrons. The first-order valence-corrected chi connectivity index (χ1v) is 9.28. The number of amides is 1. The van der Waals surface area contributed by atoms with Gasteiger partial charge in [-0.05, 0) is 30.5 Å². The van der Waals surface area contributed by atoms with Crippen LogP contribution in [0.5, 0.6) is 11.5 Å². The Morgan fingerprint density at radius 1 is 1.04 bits per heavy atom. The van der Waals surface area contributed by atoms with Crippen LogP contribution in [0.2, 0.25) is 0 Å². The SMILES string of the molecule is O=C(CC1CCCO1)N1CCN(Cc2ccc3c(c2)OCCO3)CC1. The van der Waals surface area contributed by atoms with Gasteiger partial charge in [0.25, 0.3) is 0 Å². The highest BCUT2D eigenvalue weighted by molar-refractivity contribution is 5.76. The number of benzene rings is 1. The molecule has 3 heterocycles. The van der Waals surface area contributed by atoms with Crippen molar-refractivity contribution in [3.05, 3.63) is 23.8 Å². The second kappa shape index (κ2) is 7.62. The van der Waals surface area contributed by atoms with Gasteiger partial charge in [-0.2, -0.15) is 0 Å². The molecule has 3 aliphatic rings. The van der Waals surface area contributed by atoms with Crippen molar-refractivity contribution in [2.24, 2.45) is 0 Å². The van der Waals surface area contributed by atoms with Crippen LogP contribution in [-0.4, -0.2) is 67.8 Å². The maximum absolute atomic E-state index is 12.4. The van der Waals surface area contributed by atoms with Gasteiger partial charge in [-0.1, -0.05) is 6.07 Å². The number of carbonyl (C=O) groups excluding carboxylic acids is 1. The van der Waals surface area contributed by atoms with Crippen LogP contribution in [0.1, 0.15) is 24.8 Å². The minimum atomic E-state index is 0.142. The maximum Gasteiger partial charge on any atom is 0.225 e. The summed E-state index contributed by atoms with van der Waals surface area (Å²) >= 11 is 0. The molecule has 0 spiro atoms. The van der Waals surface area contributed by atoms with E-state index in [-0.39, 0.29) is 12.0 Å². The summed E-state index contributed by atoms with van der Waals surface area (Å²) < 4.78 is 16.8. The molecule has 0 N–H and O–H groups in total. The Morgan fingerprint density at radius 2 is 1.84 bits per heavy atom. The molecule has 25 heavy (non-hydrogen) atoms. The van der Waals surface area contributed by atoms with Gasteiger partial charge in [-0.15, -0.1) is 0 Å². The summed E-state index contributed by atoms with van der Waals surface area (Å²) in [4.78, 5) is 16.8. The number of nitrogens with zero attached hydrogens (tertiary/aromatic N) is 2. The highest BCUT2D eigenvalue weighted by atomic mass is 16.6. The van der Waals surface area contributed by atoms with Gasteiger partial charge in [0.2, 0.25) is 5.91 Å². The van der Waals surface area contributed by atoms with Crippen molar-refractivity contribution >= 4 is 5.91 Å². The largest absolute Gasteiger partial charge is 0.486 e. The first kappa shape index (κ1) is 16.7. The average Bonchev–Trinajstić information content (AvgIpc) is 3.15. The average molecular weight is 346 g/mol. The minimum Gasteiger partial charge on any atom is -0.486 e. The fraction of sp³-hybridized carbons (Fsp3) is 0.632. The molecule has 1 aromatic carbocycles. The Kier molecular flexibility index (Phi) is 5.08. The molecule has 2 saturated heterocycles. The minimum absolute atomic E-state index is 0.142. The van der Waals surface area contributed by atoms with E-state index in [1.54, 1.807) is 0 Å². The van der Waals surface area contributed by atoms with E-state index in [1.165, 1.54) is 5.56 Å². The zero-order valence-corrected chi connectivity index (χ0v) is 14.6. The molecule has 3 aliphatic heterocycles. The molecule has 1 unspecified atom stereocenters. The summed E-state index contributed by atoms with van der Waals surface area (Å²) in [6.07, 6.45) is 2.79. The number of hydrogen-bond donors (Lipinski definition) is 0. The van der Waals surface area contributed by atoms with Gasteiger partial charge in [-0.3, -0.25) is 9.69 Å². The summed E-state index contributed by atoms with van der Waals surface area (Å²) in [5.41, 5.74) is 1.23. The predicted molar refractivity (Wildman–Crippen MR) is 92.9 cm³/mol. The fourth-order valence-electron chi connectivity index (χ4n) is 3.73. The topological polar surface area (TPSA) is 51.2 Å². The van der Waals surface area contributed by atoms with Crippen molar-refractivity contribution < 1.29 is 19.0 Å². The summed E-state index contributed by atoms with van der Waals surface area (Å²) in [5.74, 6) is 1.92. The molecule has 6 nitrogen and oxygen atoms in total. The van der Waals surface area contributed by atoms with Crippen LogP contribution in [0.3, 0.4) is 0 Å². The molecular formula is C19H26N2O4. The summed E-state index contributed by atoms with van der Waals surface area (Å²) in [6.45, 7) is 6.34. The zero-order chi connectivity index (χ0) is 17.1. The van der Waals surface area contributed by atoms with Crippen LogP contribution in [0, 0.1) is 0 Å². The van der Waals surface area contributed by atoms with Crippen molar-refractivity contribution in [1.29, 1.82) is 0 Å². The number of ether oxygens (including phenoxy) is 3. The maximum atomic E-state index is 12.4. The molecule has 0 aliphatic carbocycles. The van der Waals surface area contributed by atoms with E-state index >= 15 is 0 Å². The van der Waals surface area contributed by atoms with Crippen molar-refractivity contribution in [3.8, 4) is 11.5 Å². The van der Waals surface area contributed by atoms with Crippen LogP contribution in [0.25, 0.3) is 0 Å². The molecule has 0 aromatic heterocycles. The van der Waals surface area contributed by atoms with Crippen molar-refractivity contribution in [1.82, 2.24) is 9.80 Å². The van der Waals surface area contributed by atoms with Gasteiger partial charge in [0.1, 0.15) is 13.2 Å². The van der Waals surface area contributed by atoms with E-state index in [4.69, 9.17) is 14.2 Å². The third kappa shape index (κ3) is 4.07. The normalized spacial score (nSPS) is 23.7. The highest BCUT2D eigenvalue weighted by Gasteiger charge is 2.25. The van der Waals surface area contributed by atoms with Gasteiger partial charge in [0, 0.05) is 39.3 Å². The van der Waals surface area contributed by atoms with Crippen LogP contribution < -0.4 is 9.47 Å². The lowest BCUT2D eigenvalue weighted by Gasteiger charge is -2.35. The summed E-state index contributed by atoms with van der Waals surface area (Å²) in [6, 6.07) is 6.16. The van der Waals surface area contributed by atoms with Crippen LogP contribution in [0.4, 0.5) is 0 Å². The van der Waals surface area contributed by atoms with E-state index in [9.17, 15) is 4.79 Å². The van der Waals surface area contributed by atoms with E-state index in [0.717, 1.165) is 63.7 Å². The first-order valence-electron chi connectivity index (χ1n) is 9.28. The van der Waals surface area contributed by atoms with Gasteiger partial charge in [0.15, 0.2) is 11.5 Å². The third-order valence-electron chi connectivity index (χ3n) is 5.16. The smallest absolute Gasteiger partial charge is 0.225 e. The van der Waals surface area contributed by atoms with Gasteiger partial charge in [-0.25, -0.2) is 0 Å². The highest BCUT2D eigenvalue weighted by Crippen LogP contribution is 2.31. The van der Waals surface area contributed by atoms with Gasteiger partial charge >= 0.3 is 0 Å². The Morgan fingerprint density at radius 3 is 2.60 bits per heavy atom. The van der Waals surface area contributed by atoms with Crippen LogP contribution >= 0.6 is 0 Å². The molecule has 2 fully saturated rings. The summed E-state index contributed by atoms with van der Waals surface area (Å²) in [7, 11) is 0. The number of carbonyl (C=O) groups is 1. The Balaban J connectivity index is 1.26. The standard InChI is InChI=1S/C19H26N2O4/c22-19(13-16-2-1-9-23-16)21-7-5-20(6-8-21)14-15-3-4-17-18(12-15)25-11-10-24-17/h3-4,12,16H,1-2,5-11,13-14H2. The second-order valence-electron chi connectivity index (χ2n) is 6.97. The molecule has 1 atom stereocenters. The molecule has 6 heteroatoms. The molecule has 136 valence electrons. The lowest BCUT2D eigenvalue weighted by molar-refractivity contribution is -0.135. The zero-order valence-electron chi connectivity index (χ0n) is 14.6. The first-order chi connectivity index (χ1) is 12.3. The number of rotatable bonds is 4. The van der Waals surface area contributed by atoms with Gasteiger partial charge in [0.05, 0.1) is 12.5 Å². The van der Waals surface area contributed by atoms with Crippen molar-refractivity contribution in [3.63, 3.8) is 0 Å². The molecular weight excluding hydrogens is 320 g/mol. The Labute approximate surface area is 148 Å². The number of piperazine rings is 1. The lowest BCUT2D eigenvalue weighted by Crippen LogP contribution is -2.48. The molecule has 1 aromatic rings. The van der Waals surface area contributed by atoms with Gasteiger partial charge < -0.3 is 19.1 Å². The van der Waals surface area contributed by atoms with E-state index < -0.39 is 0 Å². The molecule has 0 saturated carbocycles. The van der Waals surface area contributed by atoms with Crippen LogP contribution in [0.15, 0.2) is 18.2 Å². The molecule has 4 rings (SSSR count). The molecule has 0 bridgehead atoms. The third-order valence-corrected chi connectivity index (χ3v) is 5.16.